The maximum atomic E-state index is 12.1. The van der Waals surface area contributed by atoms with Gasteiger partial charge in [-0.05, 0) is 18.4 Å². The SMILES string of the molecule is C=CC1CCC(C=C)N(C(=O)OCc2ccccc2)O1. The number of hydroxylamine groups is 2. The number of hydrogen-bond acceptors (Lipinski definition) is 3. The van der Waals surface area contributed by atoms with E-state index in [1.807, 2.05) is 30.3 Å². The smallest absolute Gasteiger partial charge is 0.434 e. The molecule has 106 valence electrons. The van der Waals surface area contributed by atoms with Gasteiger partial charge >= 0.3 is 6.09 Å². The second kappa shape index (κ2) is 6.91. The predicted octanol–water partition coefficient (Wildman–Crippen LogP) is 3.46. The van der Waals surface area contributed by atoms with Crippen molar-refractivity contribution in [1.29, 1.82) is 0 Å². The van der Waals surface area contributed by atoms with Gasteiger partial charge in [0.25, 0.3) is 0 Å². The van der Waals surface area contributed by atoms with Crippen molar-refractivity contribution in [3.05, 3.63) is 61.2 Å². The van der Waals surface area contributed by atoms with Crippen LogP contribution in [0.1, 0.15) is 18.4 Å². The Hall–Kier alpha value is -2.07. The van der Waals surface area contributed by atoms with E-state index in [0.29, 0.717) is 0 Å². The number of carbonyl (C=O) groups is 1. The van der Waals surface area contributed by atoms with Gasteiger partial charge in [-0.1, -0.05) is 42.5 Å². The number of ether oxygens (including phenoxy) is 1. The number of hydrogen-bond donors (Lipinski definition) is 0. The monoisotopic (exact) mass is 273 g/mol. The van der Waals surface area contributed by atoms with E-state index >= 15 is 0 Å². The Morgan fingerprint density at radius 1 is 1.30 bits per heavy atom. The van der Waals surface area contributed by atoms with Gasteiger partial charge in [-0.2, -0.15) is 5.06 Å². The summed E-state index contributed by atoms with van der Waals surface area (Å²) in [5.41, 5.74) is 0.938. The van der Waals surface area contributed by atoms with Gasteiger partial charge in [-0.15, -0.1) is 13.2 Å². The third-order valence-electron chi connectivity index (χ3n) is 3.22. The lowest BCUT2D eigenvalue weighted by atomic mass is 10.1. The zero-order valence-electron chi connectivity index (χ0n) is 11.4. The lowest BCUT2D eigenvalue weighted by molar-refractivity contribution is -0.200. The molecule has 0 saturated carbocycles. The van der Waals surface area contributed by atoms with Crippen molar-refractivity contribution in [2.24, 2.45) is 0 Å². The van der Waals surface area contributed by atoms with Gasteiger partial charge in [0.1, 0.15) is 12.7 Å². The van der Waals surface area contributed by atoms with Crippen molar-refractivity contribution in [1.82, 2.24) is 5.06 Å². The summed E-state index contributed by atoms with van der Waals surface area (Å²) in [5.74, 6) is 0. The molecule has 1 heterocycles. The van der Waals surface area contributed by atoms with E-state index in [4.69, 9.17) is 9.57 Å². The molecule has 1 saturated heterocycles. The summed E-state index contributed by atoms with van der Waals surface area (Å²) >= 11 is 0. The summed E-state index contributed by atoms with van der Waals surface area (Å²) in [6, 6.07) is 9.38. The Morgan fingerprint density at radius 3 is 2.70 bits per heavy atom. The molecule has 0 radical (unpaired) electrons. The molecular formula is C16H19NO3. The minimum absolute atomic E-state index is 0.157. The predicted molar refractivity (Wildman–Crippen MR) is 76.8 cm³/mol. The number of rotatable bonds is 4. The zero-order chi connectivity index (χ0) is 14.4. The molecule has 1 amide bonds. The van der Waals surface area contributed by atoms with Crippen LogP contribution < -0.4 is 0 Å². The number of nitrogens with zero attached hydrogens (tertiary/aromatic N) is 1. The molecule has 0 bridgehead atoms. The highest BCUT2D eigenvalue weighted by molar-refractivity contribution is 5.67. The second-order valence-electron chi connectivity index (χ2n) is 4.63. The molecule has 2 rings (SSSR count). The molecule has 2 unspecified atom stereocenters. The van der Waals surface area contributed by atoms with E-state index < -0.39 is 6.09 Å². The standard InChI is InChI=1S/C16H19NO3/c1-3-14-10-11-15(4-2)20-17(14)16(18)19-12-13-8-6-5-7-9-13/h3-9,14-15H,1-2,10-12H2. The Morgan fingerprint density at radius 2 is 2.05 bits per heavy atom. The fourth-order valence-corrected chi connectivity index (χ4v) is 2.06. The third-order valence-corrected chi connectivity index (χ3v) is 3.22. The molecular weight excluding hydrogens is 254 g/mol. The van der Waals surface area contributed by atoms with Crippen LogP contribution in [0.25, 0.3) is 0 Å². The lowest BCUT2D eigenvalue weighted by Gasteiger charge is -2.35. The van der Waals surface area contributed by atoms with Crippen LogP contribution in [0.15, 0.2) is 55.6 Å². The maximum absolute atomic E-state index is 12.1. The number of benzene rings is 1. The van der Waals surface area contributed by atoms with E-state index in [1.54, 1.807) is 12.2 Å². The van der Waals surface area contributed by atoms with Crippen LogP contribution in [0.2, 0.25) is 0 Å². The van der Waals surface area contributed by atoms with Crippen LogP contribution in [0, 0.1) is 0 Å². The minimum atomic E-state index is -0.495. The fourth-order valence-electron chi connectivity index (χ4n) is 2.06. The van der Waals surface area contributed by atoms with Gasteiger partial charge in [0, 0.05) is 0 Å². The third kappa shape index (κ3) is 3.48. The Kier molecular flexibility index (Phi) is 4.96. The van der Waals surface area contributed by atoms with Gasteiger partial charge in [0.2, 0.25) is 0 Å². The van der Waals surface area contributed by atoms with E-state index in [0.717, 1.165) is 18.4 Å². The molecule has 0 aliphatic carbocycles. The summed E-state index contributed by atoms with van der Waals surface area (Å²) in [4.78, 5) is 17.7. The molecule has 1 aromatic rings. The Bertz CT molecular complexity index is 472. The Balaban J connectivity index is 1.95. The summed E-state index contributed by atoms with van der Waals surface area (Å²) in [6.07, 6.45) is 4.35. The molecule has 1 aliphatic rings. The molecule has 0 N–H and O–H groups in total. The molecule has 4 nitrogen and oxygen atoms in total. The first-order valence-corrected chi connectivity index (χ1v) is 6.66. The van der Waals surface area contributed by atoms with Gasteiger partial charge in [-0.3, -0.25) is 4.84 Å². The first-order chi connectivity index (χ1) is 9.74. The molecule has 1 fully saturated rings. The molecule has 20 heavy (non-hydrogen) atoms. The summed E-state index contributed by atoms with van der Waals surface area (Å²) < 4.78 is 5.27. The average molecular weight is 273 g/mol. The van der Waals surface area contributed by atoms with Crippen LogP contribution >= 0.6 is 0 Å². The lowest BCUT2D eigenvalue weighted by Crippen LogP contribution is -2.45. The van der Waals surface area contributed by atoms with E-state index in [-0.39, 0.29) is 18.8 Å². The molecule has 0 spiro atoms. The van der Waals surface area contributed by atoms with E-state index in [2.05, 4.69) is 13.2 Å². The largest absolute Gasteiger partial charge is 0.443 e. The molecule has 1 aliphatic heterocycles. The highest BCUT2D eigenvalue weighted by Crippen LogP contribution is 2.22. The summed E-state index contributed by atoms with van der Waals surface area (Å²) in [7, 11) is 0. The first-order valence-electron chi connectivity index (χ1n) is 6.66. The van der Waals surface area contributed by atoms with Crippen molar-refractivity contribution >= 4 is 6.09 Å². The number of amides is 1. The van der Waals surface area contributed by atoms with Crippen LogP contribution in [-0.4, -0.2) is 23.3 Å². The van der Waals surface area contributed by atoms with Crippen molar-refractivity contribution in [2.45, 2.75) is 31.6 Å². The average Bonchev–Trinajstić information content (AvgIpc) is 2.52. The molecule has 4 heteroatoms. The zero-order valence-corrected chi connectivity index (χ0v) is 11.4. The quantitative estimate of drug-likeness (QED) is 0.789. The van der Waals surface area contributed by atoms with Gasteiger partial charge in [-0.25, -0.2) is 4.79 Å². The highest BCUT2D eigenvalue weighted by atomic mass is 16.7. The van der Waals surface area contributed by atoms with Gasteiger partial charge in [0.15, 0.2) is 0 Å². The molecule has 2 atom stereocenters. The molecule has 1 aromatic carbocycles. The second-order valence-corrected chi connectivity index (χ2v) is 4.63. The maximum Gasteiger partial charge on any atom is 0.434 e. The Labute approximate surface area is 119 Å². The summed E-state index contributed by atoms with van der Waals surface area (Å²) in [6.45, 7) is 7.65. The van der Waals surface area contributed by atoms with Crippen molar-refractivity contribution in [3.8, 4) is 0 Å². The van der Waals surface area contributed by atoms with Gasteiger partial charge in [0.05, 0.1) is 6.04 Å². The van der Waals surface area contributed by atoms with Crippen LogP contribution in [0.5, 0.6) is 0 Å². The summed E-state index contributed by atoms with van der Waals surface area (Å²) in [5, 5.41) is 1.26. The normalized spacial score (nSPS) is 22.1. The molecule has 0 aromatic heterocycles. The highest BCUT2D eigenvalue weighted by Gasteiger charge is 2.31. The van der Waals surface area contributed by atoms with Crippen molar-refractivity contribution in [2.75, 3.05) is 0 Å². The first kappa shape index (κ1) is 14.3. The van der Waals surface area contributed by atoms with E-state index in [9.17, 15) is 4.79 Å². The van der Waals surface area contributed by atoms with E-state index in [1.165, 1.54) is 5.06 Å². The number of carbonyl (C=O) groups excluding carboxylic acids is 1. The van der Waals surface area contributed by atoms with Crippen molar-refractivity contribution in [3.63, 3.8) is 0 Å². The van der Waals surface area contributed by atoms with Gasteiger partial charge < -0.3 is 4.74 Å². The van der Waals surface area contributed by atoms with Crippen LogP contribution in [0.3, 0.4) is 0 Å². The fraction of sp³-hybridized carbons (Fsp3) is 0.312. The minimum Gasteiger partial charge on any atom is -0.443 e. The van der Waals surface area contributed by atoms with Crippen LogP contribution in [-0.2, 0) is 16.2 Å². The topological polar surface area (TPSA) is 38.8 Å². The van der Waals surface area contributed by atoms with Crippen molar-refractivity contribution < 1.29 is 14.4 Å². The van der Waals surface area contributed by atoms with Crippen LogP contribution in [0.4, 0.5) is 4.79 Å².